The van der Waals surface area contributed by atoms with Crippen molar-refractivity contribution in [2.75, 3.05) is 13.2 Å². The Bertz CT molecular complexity index is 756. The number of pyridine rings is 1. The molecule has 0 fully saturated rings. The fraction of sp³-hybridized carbons (Fsp3) is 0.263. The summed E-state index contributed by atoms with van der Waals surface area (Å²) in [6.45, 7) is 4.69. The van der Waals surface area contributed by atoms with Crippen LogP contribution in [0.15, 0.2) is 48.2 Å². The van der Waals surface area contributed by atoms with Crippen molar-refractivity contribution in [1.82, 2.24) is 10.3 Å². The topological polar surface area (TPSA) is 60.5 Å². The maximum absolute atomic E-state index is 12.5. The van der Waals surface area contributed by atoms with Crippen LogP contribution in [0.5, 0.6) is 11.5 Å². The fourth-order valence-electron chi connectivity index (χ4n) is 2.54. The molecule has 0 radical (unpaired) electrons. The molecule has 3 rings (SSSR count). The van der Waals surface area contributed by atoms with Crippen LogP contribution in [0.1, 0.15) is 31.1 Å². The number of nitrogens with zero attached hydrogens (tertiary/aromatic N) is 1. The Balaban J connectivity index is 1.75. The van der Waals surface area contributed by atoms with Crippen LogP contribution in [0.25, 0.3) is 6.08 Å². The minimum atomic E-state index is -0.171. The van der Waals surface area contributed by atoms with Gasteiger partial charge in [-0.3, -0.25) is 9.78 Å². The highest BCUT2D eigenvalue weighted by Gasteiger charge is 2.19. The molecule has 1 aromatic heterocycles. The van der Waals surface area contributed by atoms with Gasteiger partial charge in [-0.25, -0.2) is 0 Å². The van der Waals surface area contributed by atoms with Crippen molar-refractivity contribution in [2.24, 2.45) is 0 Å². The lowest BCUT2D eigenvalue weighted by Crippen LogP contribution is -2.31. The van der Waals surface area contributed by atoms with Gasteiger partial charge in [-0.2, -0.15) is 0 Å². The molecular weight excluding hydrogens is 304 g/mol. The molecule has 2 heterocycles. The van der Waals surface area contributed by atoms with E-state index in [4.69, 9.17) is 9.47 Å². The number of carbonyl (C=O) groups excluding carboxylic acids is 1. The van der Waals surface area contributed by atoms with Crippen LogP contribution in [0, 0.1) is 0 Å². The summed E-state index contributed by atoms with van der Waals surface area (Å²) in [6, 6.07) is 11.1. The predicted molar refractivity (Wildman–Crippen MR) is 91.9 cm³/mol. The van der Waals surface area contributed by atoms with E-state index in [9.17, 15) is 4.79 Å². The Morgan fingerprint density at radius 2 is 2.25 bits per heavy atom. The average molecular weight is 324 g/mol. The van der Waals surface area contributed by atoms with E-state index in [1.165, 1.54) is 0 Å². The number of aromatic nitrogens is 1. The second-order valence-electron chi connectivity index (χ2n) is 5.54. The molecule has 0 saturated heterocycles. The summed E-state index contributed by atoms with van der Waals surface area (Å²) in [5, 5.41) is 2.96. The summed E-state index contributed by atoms with van der Waals surface area (Å²) in [4.78, 5) is 16.7. The molecule has 0 saturated carbocycles. The fourth-order valence-corrected chi connectivity index (χ4v) is 2.54. The number of hydrogen-bond donors (Lipinski definition) is 1. The summed E-state index contributed by atoms with van der Waals surface area (Å²) in [5.41, 5.74) is 2.25. The van der Waals surface area contributed by atoms with Gasteiger partial charge >= 0.3 is 0 Å². The van der Waals surface area contributed by atoms with Crippen molar-refractivity contribution >= 4 is 12.0 Å². The lowest BCUT2D eigenvalue weighted by Gasteiger charge is -2.20. The first-order chi connectivity index (χ1) is 11.7. The molecule has 0 aliphatic carbocycles. The molecule has 2 aromatic rings. The van der Waals surface area contributed by atoms with Crippen LogP contribution in [0.2, 0.25) is 0 Å². The highest BCUT2D eigenvalue weighted by Crippen LogP contribution is 2.30. The van der Waals surface area contributed by atoms with Crippen LogP contribution in [0.4, 0.5) is 0 Å². The van der Waals surface area contributed by atoms with Gasteiger partial charge in [0.25, 0.3) is 5.91 Å². The minimum Gasteiger partial charge on any atom is -0.494 e. The van der Waals surface area contributed by atoms with Gasteiger partial charge < -0.3 is 14.8 Å². The van der Waals surface area contributed by atoms with E-state index < -0.39 is 0 Å². The first-order valence-electron chi connectivity index (χ1n) is 7.99. The smallest absolute Gasteiger partial charge is 0.251 e. The number of ether oxygens (including phenoxy) is 2. The molecule has 1 amide bonds. The van der Waals surface area contributed by atoms with E-state index in [0.29, 0.717) is 12.2 Å². The zero-order chi connectivity index (χ0) is 16.9. The third kappa shape index (κ3) is 3.56. The van der Waals surface area contributed by atoms with Gasteiger partial charge in [0.15, 0.2) is 0 Å². The molecule has 0 spiro atoms. The van der Waals surface area contributed by atoms with Crippen molar-refractivity contribution in [3.8, 4) is 11.5 Å². The molecule has 1 atom stereocenters. The van der Waals surface area contributed by atoms with Gasteiger partial charge in [0, 0.05) is 11.8 Å². The molecule has 24 heavy (non-hydrogen) atoms. The lowest BCUT2D eigenvalue weighted by atomic mass is 10.1. The van der Waals surface area contributed by atoms with E-state index in [2.05, 4.69) is 10.3 Å². The average Bonchev–Trinajstić information content (AvgIpc) is 2.62. The highest BCUT2D eigenvalue weighted by atomic mass is 16.5. The Morgan fingerprint density at radius 3 is 3.00 bits per heavy atom. The molecular formula is C19H20N2O3. The van der Waals surface area contributed by atoms with Gasteiger partial charge in [-0.1, -0.05) is 6.07 Å². The molecule has 5 nitrogen and oxygen atoms in total. The molecule has 5 heteroatoms. The number of hydrogen-bond acceptors (Lipinski definition) is 4. The van der Waals surface area contributed by atoms with E-state index in [1.54, 1.807) is 6.20 Å². The largest absolute Gasteiger partial charge is 0.494 e. The number of rotatable bonds is 5. The Hall–Kier alpha value is -2.82. The van der Waals surface area contributed by atoms with Crippen molar-refractivity contribution in [3.05, 3.63) is 59.4 Å². The third-order valence-electron chi connectivity index (χ3n) is 3.78. The Morgan fingerprint density at radius 1 is 1.38 bits per heavy atom. The number of benzene rings is 1. The molecule has 1 unspecified atom stereocenters. The summed E-state index contributed by atoms with van der Waals surface area (Å²) in [6.07, 6.45) is 3.56. The van der Waals surface area contributed by atoms with Gasteiger partial charge in [0.05, 0.1) is 23.9 Å². The van der Waals surface area contributed by atoms with E-state index in [-0.39, 0.29) is 18.6 Å². The first kappa shape index (κ1) is 16.1. The van der Waals surface area contributed by atoms with Crippen molar-refractivity contribution in [3.63, 3.8) is 0 Å². The molecule has 1 N–H and O–H groups in total. The van der Waals surface area contributed by atoms with E-state index in [1.807, 2.05) is 56.3 Å². The third-order valence-corrected chi connectivity index (χ3v) is 3.78. The molecule has 124 valence electrons. The maximum atomic E-state index is 12.5. The maximum Gasteiger partial charge on any atom is 0.251 e. The van der Waals surface area contributed by atoms with Crippen LogP contribution in [-0.4, -0.2) is 24.1 Å². The quantitative estimate of drug-likeness (QED) is 0.918. The van der Waals surface area contributed by atoms with E-state index in [0.717, 1.165) is 22.8 Å². The summed E-state index contributed by atoms with van der Waals surface area (Å²) < 4.78 is 11.2. The number of fused-ring (bicyclic) bond motifs is 1. The van der Waals surface area contributed by atoms with Crippen molar-refractivity contribution < 1.29 is 14.3 Å². The minimum absolute atomic E-state index is 0.152. The summed E-state index contributed by atoms with van der Waals surface area (Å²) in [7, 11) is 0. The summed E-state index contributed by atoms with van der Waals surface area (Å²) >= 11 is 0. The molecule has 1 aliphatic heterocycles. The zero-order valence-corrected chi connectivity index (χ0v) is 13.8. The van der Waals surface area contributed by atoms with Crippen LogP contribution in [-0.2, 0) is 4.79 Å². The zero-order valence-electron chi connectivity index (χ0n) is 13.8. The second-order valence-corrected chi connectivity index (χ2v) is 5.54. The normalized spacial score (nSPS) is 14.0. The standard InChI is InChI=1S/C19H20N2O3/c1-3-23-16-7-8-18-14(11-16)10-15(12-24-18)19(22)21-13(2)17-6-4-5-9-20-17/h4-11,13H,3,12H2,1-2H3,(H,21,22). The molecule has 0 bridgehead atoms. The van der Waals surface area contributed by atoms with Crippen molar-refractivity contribution in [1.29, 1.82) is 0 Å². The van der Waals surface area contributed by atoms with Crippen LogP contribution in [0.3, 0.4) is 0 Å². The predicted octanol–water partition coefficient (Wildman–Crippen LogP) is 3.13. The van der Waals surface area contributed by atoms with Gasteiger partial charge in [0.2, 0.25) is 0 Å². The second kappa shape index (κ2) is 7.17. The Kier molecular flexibility index (Phi) is 4.79. The van der Waals surface area contributed by atoms with Crippen molar-refractivity contribution in [2.45, 2.75) is 19.9 Å². The summed E-state index contributed by atoms with van der Waals surface area (Å²) in [5.74, 6) is 1.37. The van der Waals surface area contributed by atoms with Crippen LogP contribution >= 0.6 is 0 Å². The number of nitrogens with one attached hydrogen (secondary N) is 1. The Labute approximate surface area is 141 Å². The first-order valence-corrected chi connectivity index (χ1v) is 7.99. The molecule has 1 aliphatic rings. The van der Waals surface area contributed by atoms with Gasteiger partial charge in [0.1, 0.15) is 18.1 Å². The van der Waals surface area contributed by atoms with Gasteiger partial charge in [-0.05, 0) is 50.3 Å². The highest BCUT2D eigenvalue weighted by molar-refractivity contribution is 5.99. The van der Waals surface area contributed by atoms with Gasteiger partial charge in [-0.15, -0.1) is 0 Å². The number of carbonyl (C=O) groups is 1. The SMILES string of the molecule is CCOc1ccc2c(c1)C=C(C(=O)NC(C)c1ccccn1)CO2. The molecule has 1 aromatic carbocycles. The van der Waals surface area contributed by atoms with E-state index >= 15 is 0 Å². The van der Waals surface area contributed by atoms with Crippen LogP contribution < -0.4 is 14.8 Å². The number of amides is 1. The monoisotopic (exact) mass is 324 g/mol. The lowest BCUT2D eigenvalue weighted by molar-refractivity contribution is -0.118.